The van der Waals surface area contributed by atoms with Crippen molar-refractivity contribution >= 4 is 17.3 Å². The average Bonchev–Trinajstić information content (AvgIpc) is 2.47. The zero-order valence-corrected chi connectivity index (χ0v) is 13.0. The average molecular weight is 306 g/mol. The summed E-state index contributed by atoms with van der Waals surface area (Å²) in [6.07, 6.45) is 0. The first-order valence-corrected chi connectivity index (χ1v) is 7.37. The highest BCUT2D eigenvalue weighted by Gasteiger charge is 2.07. The normalized spacial score (nSPS) is 10.7. The number of phenolic OH excluding ortho intramolecular Hbond substituents is 1. The standard InChI is InChI=1S/C17H20ClNO2/c1-12(2)11-21-16-9-4-3-8-15(16)19-10-13-6-5-7-14(18)17(13)20/h3-9,12,19-20H,10-11H2,1-2H3. The van der Waals surface area contributed by atoms with Crippen molar-refractivity contribution in [3.63, 3.8) is 0 Å². The molecule has 2 aromatic carbocycles. The first-order chi connectivity index (χ1) is 10.1. The van der Waals surface area contributed by atoms with E-state index in [2.05, 4.69) is 19.2 Å². The molecule has 0 unspecified atom stereocenters. The van der Waals surface area contributed by atoms with Crippen LogP contribution in [0.15, 0.2) is 42.5 Å². The Morgan fingerprint density at radius 1 is 1.14 bits per heavy atom. The van der Waals surface area contributed by atoms with E-state index < -0.39 is 0 Å². The second-order valence-electron chi connectivity index (χ2n) is 5.30. The van der Waals surface area contributed by atoms with Crippen LogP contribution in [0.4, 0.5) is 5.69 Å². The van der Waals surface area contributed by atoms with Crippen LogP contribution in [0.3, 0.4) is 0 Å². The van der Waals surface area contributed by atoms with Gasteiger partial charge < -0.3 is 15.2 Å². The van der Waals surface area contributed by atoms with Crippen LogP contribution in [-0.2, 0) is 6.54 Å². The Labute approximate surface area is 130 Å². The summed E-state index contributed by atoms with van der Waals surface area (Å²) in [7, 11) is 0. The monoisotopic (exact) mass is 305 g/mol. The number of nitrogens with one attached hydrogen (secondary N) is 1. The topological polar surface area (TPSA) is 41.5 Å². The van der Waals surface area contributed by atoms with Crippen LogP contribution >= 0.6 is 11.6 Å². The molecule has 0 aliphatic heterocycles. The van der Waals surface area contributed by atoms with Crippen molar-refractivity contribution < 1.29 is 9.84 Å². The summed E-state index contributed by atoms with van der Waals surface area (Å²) < 4.78 is 5.79. The van der Waals surface area contributed by atoms with E-state index in [0.717, 1.165) is 17.0 Å². The number of hydrogen-bond acceptors (Lipinski definition) is 3. The molecule has 0 aliphatic carbocycles. The lowest BCUT2D eigenvalue weighted by molar-refractivity contribution is 0.272. The lowest BCUT2D eigenvalue weighted by atomic mass is 10.2. The molecule has 0 heterocycles. The van der Waals surface area contributed by atoms with Gasteiger partial charge in [0.15, 0.2) is 0 Å². The summed E-state index contributed by atoms with van der Waals surface area (Å²) in [5.74, 6) is 1.40. The van der Waals surface area contributed by atoms with Crippen molar-refractivity contribution in [1.29, 1.82) is 0 Å². The number of halogens is 1. The summed E-state index contributed by atoms with van der Waals surface area (Å²) in [4.78, 5) is 0. The molecule has 0 radical (unpaired) electrons. The minimum absolute atomic E-state index is 0.118. The Morgan fingerprint density at radius 3 is 2.67 bits per heavy atom. The molecule has 0 saturated heterocycles. The fraction of sp³-hybridized carbons (Fsp3) is 0.294. The van der Waals surface area contributed by atoms with Gasteiger partial charge in [-0.1, -0.05) is 49.7 Å². The van der Waals surface area contributed by atoms with E-state index >= 15 is 0 Å². The maximum atomic E-state index is 9.92. The number of rotatable bonds is 6. The lowest BCUT2D eigenvalue weighted by Crippen LogP contribution is -2.07. The molecular formula is C17H20ClNO2. The van der Waals surface area contributed by atoms with Gasteiger partial charge in [0, 0.05) is 12.1 Å². The Hall–Kier alpha value is -1.87. The molecule has 0 saturated carbocycles. The molecule has 3 nitrogen and oxygen atoms in total. The van der Waals surface area contributed by atoms with Crippen molar-refractivity contribution in [2.75, 3.05) is 11.9 Å². The fourth-order valence-corrected chi connectivity index (χ4v) is 2.08. The van der Waals surface area contributed by atoms with Crippen LogP contribution < -0.4 is 10.1 Å². The lowest BCUT2D eigenvalue weighted by Gasteiger charge is -2.15. The second kappa shape index (κ2) is 7.23. The SMILES string of the molecule is CC(C)COc1ccccc1NCc1cccc(Cl)c1O. The van der Waals surface area contributed by atoms with Gasteiger partial charge in [0.2, 0.25) is 0 Å². The van der Waals surface area contributed by atoms with Gasteiger partial charge >= 0.3 is 0 Å². The van der Waals surface area contributed by atoms with Crippen LogP contribution in [-0.4, -0.2) is 11.7 Å². The predicted molar refractivity (Wildman–Crippen MR) is 87.2 cm³/mol. The Morgan fingerprint density at radius 2 is 1.90 bits per heavy atom. The molecule has 21 heavy (non-hydrogen) atoms. The molecule has 4 heteroatoms. The van der Waals surface area contributed by atoms with Gasteiger partial charge in [-0.05, 0) is 24.1 Å². The number of benzene rings is 2. The minimum atomic E-state index is 0.118. The summed E-state index contributed by atoms with van der Waals surface area (Å²) in [5, 5.41) is 13.6. The summed E-state index contributed by atoms with van der Waals surface area (Å²) in [6, 6.07) is 13.1. The quantitative estimate of drug-likeness (QED) is 0.813. The van der Waals surface area contributed by atoms with E-state index in [0.29, 0.717) is 24.1 Å². The highest BCUT2D eigenvalue weighted by molar-refractivity contribution is 6.32. The zero-order valence-electron chi connectivity index (χ0n) is 12.3. The maximum Gasteiger partial charge on any atom is 0.142 e. The molecule has 2 N–H and O–H groups in total. The number of aromatic hydroxyl groups is 1. The van der Waals surface area contributed by atoms with Crippen LogP contribution in [0.5, 0.6) is 11.5 Å². The number of hydrogen-bond donors (Lipinski definition) is 2. The van der Waals surface area contributed by atoms with Gasteiger partial charge in [-0.25, -0.2) is 0 Å². The van der Waals surface area contributed by atoms with E-state index in [4.69, 9.17) is 16.3 Å². The molecule has 2 rings (SSSR count). The molecular weight excluding hydrogens is 286 g/mol. The molecule has 0 aliphatic rings. The first-order valence-electron chi connectivity index (χ1n) is 7.00. The Bertz CT molecular complexity index is 599. The Balaban J connectivity index is 2.07. The van der Waals surface area contributed by atoms with Crippen LogP contribution in [0, 0.1) is 5.92 Å². The van der Waals surface area contributed by atoms with Crippen molar-refractivity contribution in [3.05, 3.63) is 53.1 Å². The molecule has 0 amide bonds. The molecule has 2 aromatic rings. The van der Waals surface area contributed by atoms with Gasteiger partial charge in [-0.2, -0.15) is 0 Å². The number of ether oxygens (including phenoxy) is 1. The second-order valence-corrected chi connectivity index (χ2v) is 5.71. The van der Waals surface area contributed by atoms with E-state index in [-0.39, 0.29) is 5.75 Å². The maximum absolute atomic E-state index is 9.92. The van der Waals surface area contributed by atoms with Crippen molar-refractivity contribution in [2.24, 2.45) is 5.92 Å². The molecule has 0 atom stereocenters. The zero-order chi connectivity index (χ0) is 15.2. The van der Waals surface area contributed by atoms with Crippen molar-refractivity contribution in [2.45, 2.75) is 20.4 Å². The highest BCUT2D eigenvalue weighted by Crippen LogP contribution is 2.29. The molecule has 0 fully saturated rings. The first kappa shape index (κ1) is 15.5. The fourth-order valence-electron chi connectivity index (χ4n) is 1.89. The predicted octanol–water partition coefficient (Wildman–Crippen LogP) is 4.69. The Kier molecular flexibility index (Phi) is 5.34. The third-order valence-electron chi connectivity index (χ3n) is 3.00. The van der Waals surface area contributed by atoms with Gasteiger partial charge in [0.1, 0.15) is 11.5 Å². The minimum Gasteiger partial charge on any atom is -0.506 e. The third-order valence-corrected chi connectivity index (χ3v) is 3.30. The third kappa shape index (κ3) is 4.30. The molecule has 0 aromatic heterocycles. The van der Waals surface area contributed by atoms with E-state index in [1.54, 1.807) is 6.07 Å². The highest BCUT2D eigenvalue weighted by atomic mass is 35.5. The summed E-state index contributed by atoms with van der Waals surface area (Å²) in [5.41, 5.74) is 1.65. The van der Waals surface area contributed by atoms with Crippen LogP contribution in [0.1, 0.15) is 19.4 Å². The molecule has 0 spiro atoms. The molecule has 0 bridgehead atoms. The van der Waals surface area contributed by atoms with Gasteiger partial charge in [0.05, 0.1) is 17.3 Å². The van der Waals surface area contributed by atoms with Gasteiger partial charge in [-0.15, -0.1) is 0 Å². The van der Waals surface area contributed by atoms with Gasteiger partial charge in [0.25, 0.3) is 0 Å². The summed E-state index contributed by atoms with van der Waals surface area (Å²) >= 11 is 5.91. The van der Waals surface area contributed by atoms with Crippen molar-refractivity contribution in [3.8, 4) is 11.5 Å². The smallest absolute Gasteiger partial charge is 0.142 e. The number of para-hydroxylation sites is 3. The van der Waals surface area contributed by atoms with E-state index in [1.807, 2.05) is 36.4 Å². The van der Waals surface area contributed by atoms with Gasteiger partial charge in [-0.3, -0.25) is 0 Å². The van der Waals surface area contributed by atoms with Crippen LogP contribution in [0.2, 0.25) is 5.02 Å². The summed E-state index contributed by atoms with van der Waals surface area (Å²) in [6.45, 7) is 5.37. The number of anilines is 1. The number of phenols is 1. The largest absolute Gasteiger partial charge is 0.506 e. The van der Waals surface area contributed by atoms with Crippen molar-refractivity contribution in [1.82, 2.24) is 0 Å². The van der Waals surface area contributed by atoms with E-state index in [1.165, 1.54) is 0 Å². The molecule has 112 valence electrons. The van der Waals surface area contributed by atoms with Crippen LogP contribution in [0.25, 0.3) is 0 Å². The van der Waals surface area contributed by atoms with E-state index in [9.17, 15) is 5.11 Å².